The number of thiazole rings is 1. The molecule has 5 nitrogen and oxygen atoms in total. The minimum Gasteiger partial charge on any atom is -0.406 e. The van der Waals surface area contributed by atoms with Crippen molar-refractivity contribution in [2.45, 2.75) is 13.3 Å². The van der Waals surface area contributed by atoms with Crippen molar-refractivity contribution in [1.29, 1.82) is 0 Å². The fourth-order valence-corrected chi connectivity index (χ4v) is 3.11. The molecule has 28 heavy (non-hydrogen) atoms. The molecule has 0 bridgehead atoms. The third-order valence-corrected chi connectivity index (χ3v) is 4.76. The number of hydrogen-bond acceptors (Lipinski definition) is 5. The molecule has 146 valence electrons. The van der Waals surface area contributed by atoms with Crippen LogP contribution in [0.5, 0.6) is 5.75 Å². The molecule has 1 aromatic heterocycles. The predicted molar refractivity (Wildman–Crippen MR) is 103 cm³/mol. The van der Waals surface area contributed by atoms with Gasteiger partial charge >= 0.3 is 6.36 Å². The van der Waals surface area contributed by atoms with E-state index in [1.807, 2.05) is 0 Å². The summed E-state index contributed by atoms with van der Waals surface area (Å²) in [4.78, 5) is 16.5. The second-order valence-corrected chi connectivity index (χ2v) is 6.87. The van der Waals surface area contributed by atoms with Gasteiger partial charge in [0.25, 0.3) is 5.91 Å². The van der Waals surface area contributed by atoms with Gasteiger partial charge in [0.05, 0.1) is 0 Å². The van der Waals surface area contributed by atoms with E-state index >= 15 is 0 Å². The molecular weight excluding hydrogens is 415 g/mol. The number of benzene rings is 2. The van der Waals surface area contributed by atoms with Crippen LogP contribution in [0.15, 0.2) is 47.8 Å². The lowest BCUT2D eigenvalue weighted by Gasteiger charge is -2.09. The maximum Gasteiger partial charge on any atom is 0.573 e. The highest BCUT2D eigenvalue weighted by molar-refractivity contribution is 7.14. The summed E-state index contributed by atoms with van der Waals surface area (Å²) in [5, 5.41) is 8.19. The van der Waals surface area contributed by atoms with E-state index in [9.17, 15) is 18.0 Å². The van der Waals surface area contributed by atoms with Gasteiger partial charge in [-0.3, -0.25) is 4.79 Å². The number of carbonyl (C=O) groups excluding carboxylic acids is 1. The van der Waals surface area contributed by atoms with E-state index in [0.29, 0.717) is 21.5 Å². The molecule has 1 amide bonds. The normalized spacial score (nSPS) is 11.2. The highest BCUT2D eigenvalue weighted by Gasteiger charge is 2.30. The smallest absolute Gasteiger partial charge is 0.406 e. The Hall–Kier alpha value is -2.78. The molecule has 1 heterocycles. The lowest BCUT2D eigenvalue weighted by atomic mass is 10.2. The number of ether oxygens (including phenoxy) is 1. The van der Waals surface area contributed by atoms with Crippen molar-refractivity contribution in [3.05, 3.63) is 64.1 Å². The van der Waals surface area contributed by atoms with Gasteiger partial charge in [-0.25, -0.2) is 4.98 Å². The van der Waals surface area contributed by atoms with E-state index in [0.717, 1.165) is 5.56 Å². The largest absolute Gasteiger partial charge is 0.573 e. The SMILES string of the molecule is Cc1c(Cl)cccc1NC(=O)c1csc(Nc2ccc(OC(F)(F)F)cc2)n1. The van der Waals surface area contributed by atoms with E-state index in [1.165, 1.54) is 35.6 Å². The van der Waals surface area contributed by atoms with Gasteiger partial charge in [0.2, 0.25) is 0 Å². The summed E-state index contributed by atoms with van der Waals surface area (Å²) < 4.78 is 40.4. The van der Waals surface area contributed by atoms with Gasteiger partial charge in [-0.1, -0.05) is 17.7 Å². The van der Waals surface area contributed by atoms with Gasteiger partial charge in [-0.15, -0.1) is 24.5 Å². The number of carbonyl (C=O) groups is 1. The second kappa shape index (κ2) is 8.07. The van der Waals surface area contributed by atoms with Crippen LogP contribution in [-0.4, -0.2) is 17.3 Å². The van der Waals surface area contributed by atoms with Gasteiger partial charge in [-0.05, 0) is 48.9 Å². The molecule has 3 rings (SSSR count). The molecular formula is C18H13ClF3N3O2S. The number of nitrogens with zero attached hydrogens (tertiary/aromatic N) is 1. The first-order valence-electron chi connectivity index (χ1n) is 7.86. The number of aromatic nitrogens is 1. The molecule has 10 heteroatoms. The Morgan fingerprint density at radius 2 is 1.89 bits per heavy atom. The van der Waals surface area contributed by atoms with E-state index in [1.54, 1.807) is 30.5 Å². The molecule has 0 saturated heterocycles. The molecule has 0 saturated carbocycles. The highest BCUT2D eigenvalue weighted by Crippen LogP contribution is 2.27. The first-order valence-corrected chi connectivity index (χ1v) is 9.12. The Morgan fingerprint density at radius 1 is 1.18 bits per heavy atom. The first kappa shape index (κ1) is 20.0. The Bertz CT molecular complexity index is 990. The Labute approximate surface area is 167 Å². The van der Waals surface area contributed by atoms with Crippen LogP contribution < -0.4 is 15.4 Å². The van der Waals surface area contributed by atoms with Crippen molar-refractivity contribution in [3.8, 4) is 5.75 Å². The van der Waals surface area contributed by atoms with Gasteiger partial charge in [0, 0.05) is 21.8 Å². The summed E-state index contributed by atoms with van der Waals surface area (Å²) in [5.74, 6) is -0.724. The molecule has 0 unspecified atom stereocenters. The van der Waals surface area contributed by atoms with E-state index in [-0.39, 0.29) is 11.4 Å². The first-order chi connectivity index (χ1) is 13.2. The summed E-state index contributed by atoms with van der Waals surface area (Å²) in [6.45, 7) is 1.79. The van der Waals surface area contributed by atoms with Gasteiger partial charge in [0.15, 0.2) is 5.13 Å². The van der Waals surface area contributed by atoms with Crippen molar-refractivity contribution in [2.24, 2.45) is 0 Å². The Kier molecular flexibility index (Phi) is 5.76. The number of hydrogen-bond donors (Lipinski definition) is 2. The summed E-state index contributed by atoms with van der Waals surface area (Å²) >= 11 is 7.22. The van der Waals surface area contributed by atoms with Crippen LogP contribution in [0.3, 0.4) is 0 Å². The zero-order valence-electron chi connectivity index (χ0n) is 14.3. The molecule has 0 aliphatic heterocycles. The zero-order valence-corrected chi connectivity index (χ0v) is 15.9. The number of nitrogens with one attached hydrogen (secondary N) is 2. The van der Waals surface area contributed by atoms with Crippen LogP contribution in [0.25, 0.3) is 0 Å². The minimum absolute atomic E-state index is 0.198. The zero-order chi connectivity index (χ0) is 20.3. The summed E-state index contributed by atoms with van der Waals surface area (Å²) in [7, 11) is 0. The van der Waals surface area contributed by atoms with E-state index in [2.05, 4.69) is 20.4 Å². The van der Waals surface area contributed by atoms with Crippen molar-refractivity contribution in [3.63, 3.8) is 0 Å². The van der Waals surface area contributed by atoms with Crippen LogP contribution in [-0.2, 0) is 0 Å². The standard InChI is InChI=1S/C18H13ClF3N3O2S/c1-10-13(19)3-2-4-14(10)24-16(26)15-9-28-17(25-15)23-11-5-7-12(8-6-11)27-18(20,21)22/h2-9H,1H3,(H,23,25)(H,24,26). The molecule has 2 aromatic carbocycles. The monoisotopic (exact) mass is 427 g/mol. The summed E-state index contributed by atoms with van der Waals surface area (Å²) in [5.41, 5.74) is 2.03. The van der Waals surface area contributed by atoms with E-state index in [4.69, 9.17) is 11.6 Å². The number of anilines is 3. The second-order valence-electron chi connectivity index (χ2n) is 5.60. The average molecular weight is 428 g/mol. The molecule has 2 N–H and O–H groups in total. The number of rotatable bonds is 5. The summed E-state index contributed by atoms with van der Waals surface area (Å²) in [6.07, 6.45) is -4.74. The molecule has 0 atom stereocenters. The van der Waals surface area contributed by atoms with Crippen LogP contribution >= 0.6 is 22.9 Å². The topological polar surface area (TPSA) is 63.2 Å². The Morgan fingerprint density at radius 3 is 2.57 bits per heavy atom. The van der Waals surface area contributed by atoms with Crippen LogP contribution in [0.4, 0.5) is 29.7 Å². The van der Waals surface area contributed by atoms with Crippen molar-refractivity contribution in [1.82, 2.24) is 4.98 Å². The van der Waals surface area contributed by atoms with Gasteiger partial charge in [0.1, 0.15) is 11.4 Å². The van der Waals surface area contributed by atoms with Crippen LogP contribution in [0, 0.1) is 6.92 Å². The fraction of sp³-hybridized carbons (Fsp3) is 0.111. The third-order valence-electron chi connectivity index (χ3n) is 3.59. The van der Waals surface area contributed by atoms with Crippen LogP contribution in [0.1, 0.15) is 16.1 Å². The number of halogens is 4. The van der Waals surface area contributed by atoms with E-state index < -0.39 is 12.3 Å². The minimum atomic E-state index is -4.74. The molecule has 0 fully saturated rings. The number of amides is 1. The molecule has 0 spiro atoms. The van der Waals surface area contributed by atoms with Crippen molar-refractivity contribution in [2.75, 3.05) is 10.6 Å². The van der Waals surface area contributed by atoms with Crippen molar-refractivity contribution < 1.29 is 22.7 Å². The molecule has 0 aliphatic carbocycles. The van der Waals surface area contributed by atoms with Gasteiger partial charge < -0.3 is 15.4 Å². The molecule has 0 aliphatic rings. The fourth-order valence-electron chi connectivity index (χ4n) is 2.23. The highest BCUT2D eigenvalue weighted by atomic mass is 35.5. The van der Waals surface area contributed by atoms with Crippen LogP contribution in [0.2, 0.25) is 5.02 Å². The quantitative estimate of drug-likeness (QED) is 0.524. The maximum absolute atomic E-state index is 12.4. The molecule has 3 aromatic rings. The Balaban J connectivity index is 1.65. The average Bonchev–Trinajstić information content (AvgIpc) is 3.08. The number of alkyl halides is 3. The lowest BCUT2D eigenvalue weighted by molar-refractivity contribution is -0.274. The van der Waals surface area contributed by atoms with Gasteiger partial charge in [-0.2, -0.15) is 0 Å². The lowest BCUT2D eigenvalue weighted by Crippen LogP contribution is -2.16. The predicted octanol–water partition coefficient (Wildman–Crippen LogP) is 6.00. The summed E-state index contributed by atoms with van der Waals surface area (Å²) in [6, 6.07) is 10.4. The molecule has 0 radical (unpaired) electrons. The maximum atomic E-state index is 12.4. The van der Waals surface area contributed by atoms with Crippen molar-refractivity contribution >= 4 is 45.4 Å². The third kappa shape index (κ3) is 5.14.